The average Bonchev–Trinajstić information content (AvgIpc) is 2.27. The number of carbonyl (C=O) groups is 1. The van der Waals surface area contributed by atoms with Gasteiger partial charge >= 0.3 is 5.97 Å². The van der Waals surface area contributed by atoms with Gasteiger partial charge in [-0.15, -0.1) is 0 Å². The summed E-state index contributed by atoms with van der Waals surface area (Å²) in [6.07, 6.45) is 0.727. The molecule has 1 rings (SSSR count). The molecule has 0 atom stereocenters. The lowest BCUT2D eigenvalue weighted by Crippen LogP contribution is -2.10. The predicted molar refractivity (Wildman–Crippen MR) is 63.6 cm³/mol. The fourth-order valence-corrected chi connectivity index (χ4v) is 1.61. The molecule has 0 bridgehead atoms. The standard InChI is InChI=1S/C13H16N2O2/c1-8(2)5-12-10(7-14)6-11(9(3)15-12)13(16)17-4/h6,8H,5H2,1-4H3. The second-order valence-electron chi connectivity index (χ2n) is 4.32. The third-order valence-corrected chi connectivity index (χ3v) is 2.42. The van der Waals surface area contributed by atoms with E-state index in [2.05, 4.69) is 29.6 Å². The number of hydrogen-bond donors (Lipinski definition) is 0. The Kier molecular flexibility index (Phi) is 4.22. The van der Waals surface area contributed by atoms with Crippen LogP contribution in [0.4, 0.5) is 0 Å². The number of aromatic nitrogens is 1. The van der Waals surface area contributed by atoms with Gasteiger partial charge in [0.15, 0.2) is 0 Å². The first kappa shape index (κ1) is 13.2. The van der Waals surface area contributed by atoms with E-state index < -0.39 is 5.97 Å². The summed E-state index contributed by atoms with van der Waals surface area (Å²) in [6, 6.07) is 3.64. The van der Waals surface area contributed by atoms with Crippen LogP contribution in [-0.2, 0) is 11.2 Å². The number of ether oxygens (including phenoxy) is 1. The van der Waals surface area contributed by atoms with Crippen LogP contribution >= 0.6 is 0 Å². The van der Waals surface area contributed by atoms with E-state index in [1.807, 2.05) is 0 Å². The second kappa shape index (κ2) is 5.44. The van der Waals surface area contributed by atoms with Gasteiger partial charge in [-0.3, -0.25) is 4.98 Å². The Morgan fingerprint density at radius 3 is 2.71 bits per heavy atom. The maximum absolute atomic E-state index is 11.5. The molecule has 17 heavy (non-hydrogen) atoms. The molecule has 4 heteroatoms. The first-order chi connectivity index (χ1) is 7.99. The Morgan fingerprint density at radius 1 is 1.59 bits per heavy atom. The molecule has 1 aromatic heterocycles. The van der Waals surface area contributed by atoms with Gasteiger partial charge in [0.25, 0.3) is 0 Å². The molecular formula is C13H16N2O2. The van der Waals surface area contributed by atoms with E-state index in [1.54, 1.807) is 13.0 Å². The van der Waals surface area contributed by atoms with Crippen LogP contribution in [0.3, 0.4) is 0 Å². The molecule has 0 saturated carbocycles. The Bertz CT molecular complexity index is 473. The molecule has 0 aromatic carbocycles. The number of rotatable bonds is 3. The minimum Gasteiger partial charge on any atom is -0.465 e. The van der Waals surface area contributed by atoms with Crippen molar-refractivity contribution in [2.45, 2.75) is 27.2 Å². The molecule has 0 amide bonds. The van der Waals surface area contributed by atoms with Gasteiger partial charge in [0.1, 0.15) is 6.07 Å². The van der Waals surface area contributed by atoms with E-state index in [-0.39, 0.29) is 0 Å². The van der Waals surface area contributed by atoms with E-state index in [1.165, 1.54) is 7.11 Å². The largest absolute Gasteiger partial charge is 0.465 e. The first-order valence-corrected chi connectivity index (χ1v) is 5.48. The monoisotopic (exact) mass is 232 g/mol. The smallest absolute Gasteiger partial charge is 0.339 e. The molecular weight excluding hydrogens is 216 g/mol. The number of aryl methyl sites for hydroxylation is 1. The van der Waals surface area contributed by atoms with Crippen molar-refractivity contribution in [3.05, 3.63) is 28.6 Å². The summed E-state index contributed by atoms with van der Waals surface area (Å²) >= 11 is 0. The topological polar surface area (TPSA) is 63.0 Å². The molecule has 0 aliphatic carbocycles. The Labute approximate surface area is 101 Å². The minimum atomic E-state index is -0.456. The zero-order valence-corrected chi connectivity index (χ0v) is 10.6. The van der Waals surface area contributed by atoms with Crippen molar-refractivity contribution < 1.29 is 9.53 Å². The van der Waals surface area contributed by atoms with Gasteiger partial charge in [-0.2, -0.15) is 5.26 Å². The molecule has 0 aliphatic rings. The maximum Gasteiger partial charge on any atom is 0.339 e. The fourth-order valence-electron chi connectivity index (χ4n) is 1.61. The third-order valence-electron chi connectivity index (χ3n) is 2.42. The average molecular weight is 232 g/mol. The van der Waals surface area contributed by atoms with Crippen LogP contribution in [0.5, 0.6) is 0 Å². The van der Waals surface area contributed by atoms with Crippen LogP contribution in [0.25, 0.3) is 0 Å². The van der Waals surface area contributed by atoms with Crippen molar-refractivity contribution in [1.29, 1.82) is 5.26 Å². The SMILES string of the molecule is COC(=O)c1cc(C#N)c(CC(C)C)nc1C. The zero-order valence-electron chi connectivity index (χ0n) is 10.6. The highest BCUT2D eigenvalue weighted by Crippen LogP contribution is 2.16. The van der Waals surface area contributed by atoms with Gasteiger partial charge in [-0.05, 0) is 25.3 Å². The van der Waals surface area contributed by atoms with Crippen molar-refractivity contribution in [3.63, 3.8) is 0 Å². The van der Waals surface area contributed by atoms with Gasteiger partial charge < -0.3 is 4.74 Å². The highest BCUT2D eigenvalue weighted by Gasteiger charge is 2.15. The summed E-state index contributed by atoms with van der Waals surface area (Å²) in [5.74, 6) is -0.0411. The molecule has 1 heterocycles. The lowest BCUT2D eigenvalue weighted by molar-refractivity contribution is 0.0599. The van der Waals surface area contributed by atoms with Gasteiger partial charge in [0, 0.05) is 0 Å². The number of esters is 1. The lowest BCUT2D eigenvalue weighted by atomic mass is 10.0. The lowest BCUT2D eigenvalue weighted by Gasteiger charge is -2.10. The maximum atomic E-state index is 11.5. The Hall–Kier alpha value is -1.89. The van der Waals surface area contributed by atoms with Crippen LogP contribution in [-0.4, -0.2) is 18.1 Å². The second-order valence-corrected chi connectivity index (χ2v) is 4.32. The van der Waals surface area contributed by atoms with Crippen molar-refractivity contribution in [2.75, 3.05) is 7.11 Å². The third kappa shape index (κ3) is 3.04. The van der Waals surface area contributed by atoms with Crippen LogP contribution < -0.4 is 0 Å². The first-order valence-electron chi connectivity index (χ1n) is 5.48. The molecule has 0 aliphatic heterocycles. The summed E-state index contributed by atoms with van der Waals surface area (Å²) in [4.78, 5) is 15.8. The van der Waals surface area contributed by atoms with E-state index in [9.17, 15) is 4.79 Å². The summed E-state index contributed by atoms with van der Waals surface area (Å²) in [5, 5.41) is 9.06. The van der Waals surface area contributed by atoms with E-state index in [0.717, 1.165) is 12.1 Å². The number of nitrogens with zero attached hydrogens (tertiary/aromatic N) is 2. The molecule has 4 nitrogen and oxygen atoms in total. The van der Waals surface area contributed by atoms with E-state index in [0.29, 0.717) is 22.7 Å². The molecule has 0 spiro atoms. The van der Waals surface area contributed by atoms with Gasteiger partial charge in [0.2, 0.25) is 0 Å². The van der Waals surface area contributed by atoms with E-state index in [4.69, 9.17) is 5.26 Å². The summed E-state index contributed by atoms with van der Waals surface area (Å²) in [6.45, 7) is 5.87. The normalized spacial score (nSPS) is 10.1. The molecule has 1 aromatic rings. The molecule has 0 radical (unpaired) electrons. The molecule has 0 saturated heterocycles. The van der Waals surface area contributed by atoms with E-state index >= 15 is 0 Å². The van der Waals surface area contributed by atoms with Crippen molar-refractivity contribution in [2.24, 2.45) is 5.92 Å². The number of pyridine rings is 1. The Morgan fingerprint density at radius 2 is 2.24 bits per heavy atom. The molecule has 90 valence electrons. The number of hydrogen-bond acceptors (Lipinski definition) is 4. The van der Waals surface area contributed by atoms with Crippen molar-refractivity contribution in [3.8, 4) is 6.07 Å². The van der Waals surface area contributed by atoms with Gasteiger partial charge in [0.05, 0.1) is 29.6 Å². The minimum absolute atomic E-state index is 0.358. The van der Waals surface area contributed by atoms with Gasteiger partial charge in [-0.25, -0.2) is 4.79 Å². The quantitative estimate of drug-likeness (QED) is 0.750. The highest BCUT2D eigenvalue weighted by atomic mass is 16.5. The Balaban J connectivity index is 3.25. The predicted octanol–water partition coefficient (Wildman–Crippen LogP) is 2.25. The summed E-state index contributed by atoms with van der Waals surface area (Å²) < 4.78 is 4.65. The van der Waals surface area contributed by atoms with Gasteiger partial charge in [-0.1, -0.05) is 13.8 Å². The molecule has 0 unspecified atom stereocenters. The fraction of sp³-hybridized carbons (Fsp3) is 0.462. The van der Waals surface area contributed by atoms with Crippen LogP contribution in [0.2, 0.25) is 0 Å². The highest BCUT2D eigenvalue weighted by molar-refractivity contribution is 5.90. The van der Waals surface area contributed by atoms with Crippen molar-refractivity contribution >= 4 is 5.97 Å². The molecule has 0 N–H and O–H groups in total. The zero-order chi connectivity index (χ0) is 13.0. The molecule has 0 fully saturated rings. The number of carbonyl (C=O) groups excluding carboxylic acids is 1. The summed E-state index contributed by atoms with van der Waals surface area (Å²) in [7, 11) is 1.32. The van der Waals surface area contributed by atoms with Crippen LogP contribution in [0.1, 0.15) is 41.2 Å². The van der Waals surface area contributed by atoms with Crippen molar-refractivity contribution in [1.82, 2.24) is 4.98 Å². The van der Waals surface area contributed by atoms with Crippen LogP contribution in [0, 0.1) is 24.2 Å². The number of methoxy groups -OCH3 is 1. The summed E-state index contributed by atoms with van der Waals surface area (Å²) in [5.41, 5.74) is 2.15. The number of nitriles is 1. The van der Waals surface area contributed by atoms with Crippen LogP contribution in [0.15, 0.2) is 6.07 Å².